The average molecular weight is 380 g/mol. The molecule has 0 radical (unpaired) electrons. The van der Waals surface area contributed by atoms with Crippen LogP contribution in [0, 0.1) is 0 Å². The molecule has 1 N–H and O–H groups in total. The first kappa shape index (κ1) is 20.0. The smallest absolute Gasteiger partial charge is 0.212 e. The van der Waals surface area contributed by atoms with Gasteiger partial charge >= 0.3 is 0 Å². The normalized spacial score (nSPS) is 14.9. The van der Waals surface area contributed by atoms with Gasteiger partial charge in [-0.25, -0.2) is 13.1 Å². The third kappa shape index (κ3) is 5.30. The van der Waals surface area contributed by atoms with Crippen LogP contribution in [0.5, 0.6) is 0 Å². The highest BCUT2D eigenvalue weighted by Gasteiger charge is 2.32. The summed E-state index contributed by atoms with van der Waals surface area (Å²) in [6, 6.07) is 17.5. The lowest BCUT2D eigenvalue weighted by atomic mass is 9.87. The molecular formula is C20H26ClNO2S. The molecule has 25 heavy (non-hydrogen) atoms. The average Bonchev–Trinajstić information content (AvgIpc) is 2.53. The van der Waals surface area contributed by atoms with Crippen molar-refractivity contribution in [2.24, 2.45) is 0 Å². The van der Waals surface area contributed by atoms with E-state index in [4.69, 9.17) is 11.6 Å². The third-order valence-electron chi connectivity index (χ3n) is 4.35. The highest BCUT2D eigenvalue weighted by Crippen LogP contribution is 2.27. The fourth-order valence-electron chi connectivity index (χ4n) is 2.66. The largest absolute Gasteiger partial charge is 0.216 e. The van der Waals surface area contributed by atoms with E-state index < -0.39 is 14.8 Å². The van der Waals surface area contributed by atoms with Gasteiger partial charge in [-0.3, -0.25) is 0 Å². The van der Waals surface area contributed by atoms with Crippen LogP contribution in [0.3, 0.4) is 0 Å². The molecule has 2 aromatic rings. The molecule has 0 spiro atoms. The van der Waals surface area contributed by atoms with Crippen LogP contribution in [0.2, 0.25) is 5.02 Å². The molecule has 0 saturated heterocycles. The quantitative estimate of drug-likeness (QED) is 0.785. The minimum atomic E-state index is -3.43. The van der Waals surface area contributed by atoms with Gasteiger partial charge in [0, 0.05) is 17.0 Å². The summed E-state index contributed by atoms with van der Waals surface area (Å²) < 4.78 is 27.2. The van der Waals surface area contributed by atoms with Crippen molar-refractivity contribution in [3.63, 3.8) is 0 Å². The zero-order valence-electron chi connectivity index (χ0n) is 15.2. The Kier molecular flexibility index (Phi) is 6.30. The van der Waals surface area contributed by atoms with E-state index in [2.05, 4.69) is 16.9 Å². The van der Waals surface area contributed by atoms with Crippen molar-refractivity contribution >= 4 is 21.6 Å². The summed E-state index contributed by atoms with van der Waals surface area (Å²) in [5.74, 6) is 0.0109. The van der Waals surface area contributed by atoms with Crippen molar-refractivity contribution in [2.75, 3.05) is 0 Å². The van der Waals surface area contributed by atoms with E-state index in [1.807, 2.05) is 49.4 Å². The molecule has 0 aromatic heterocycles. The van der Waals surface area contributed by atoms with Crippen LogP contribution in [0.1, 0.15) is 44.7 Å². The maximum Gasteiger partial charge on any atom is 0.216 e. The van der Waals surface area contributed by atoms with Gasteiger partial charge in [-0.2, -0.15) is 0 Å². The fourth-order valence-corrected chi connectivity index (χ4v) is 3.80. The molecule has 2 atom stereocenters. The van der Waals surface area contributed by atoms with Crippen molar-refractivity contribution in [1.29, 1.82) is 0 Å². The topological polar surface area (TPSA) is 46.2 Å². The lowest BCUT2D eigenvalue weighted by Crippen LogP contribution is -2.46. The van der Waals surface area contributed by atoms with Crippen LogP contribution >= 0.6 is 11.6 Å². The van der Waals surface area contributed by atoms with Crippen molar-refractivity contribution < 1.29 is 8.42 Å². The molecule has 0 amide bonds. The number of benzene rings is 2. The summed E-state index contributed by atoms with van der Waals surface area (Å²) >= 11 is 6.01. The summed E-state index contributed by atoms with van der Waals surface area (Å²) in [7, 11) is -3.43. The molecular weight excluding hydrogens is 354 g/mol. The number of sulfonamides is 1. The predicted octanol–water partition coefficient (Wildman–Crippen LogP) is 4.77. The van der Waals surface area contributed by atoms with Gasteiger partial charge in [0.15, 0.2) is 0 Å². The summed E-state index contributed by atoms with van der Waals surface area (Å²) in [5.41, 5.74) is 2.24. The Bertz CT molecular complexity index is 781. The zero-order valence-corrected chi connectivity index (χ0v) is 16.7. The Balaban J connectivity index is 2.32. The lowest BCUT2D eigenvalue weighted by molar-refractivity contribution is 0.487. The van der Waals surface area contributed by atoms with Crippen LogP contribution < -0.4 is 4.72 Å². The molecule has 0 fully saturated rings. The molecule has 136 valence electrons. The summed E-state index contributed by atoms with van der Waals surface area (Å²) in [4.78, 5) is 0. The fraction of sp³-hybridized carbons (Fsp3) is 0.400. The van der Waals surface area contributed by atoms with Crippen LogP contribution in [0.25, 0.3) is 0 Å². The molecule has 0 aliphatic heterocycles. The Morgan fingerprint density at radius 1 is 1.00 bits per heavy atom. The van der Waals surface area contributed by atoms with Gasteiger partial charge in [0.2, 0.25) is 10.0 Å². The molecule has 0 saturated carbocycles. The monoisotopic (exact) mass is 379 g/mol. The number of rotatable bonds is 6. The van der Waals surface area contributed by atoms with Gasteiger partial charge in [-0.05, 0) is 57.4 Å². The van der Waals surface area contributed by atoms with Gasteiger partial charge in [-0.15, -0.1) is 0 Å². The van der Waals surface area contributed by atoms with Crippen LogP contribution in [-0.4, -0.2) is 19.2 Å². The first-order valence-electron chi connectivity index (χ1n) is 8.41. The van der Waals surface area contributed by atoms with E-state index in [9.17, 15) is 8.42 Å². The van der Waals surface area contributed by atoms with Gasteiger partial charge < -0.3 is 0 Å². The van der Waals surface area contributed by atoms with Crippen molar-refractivity contribution in [2.45, 2.75) is 50.8 Å². The Morgan fingerprint density at radius 2 is 1.56 bits per heavy atom. The second-order valence-corrected chi connectivity index (χ2v) is 10.3. The number of halogens is 1. The summed E-state index contributed by atoms with van der Waals surface area (Å²) in [5, 5.41) is 0.671. The van der Waals surface area contributed by atoms with Crippen molar-refractivity contribution in [3.8, 4) is 0 Å². The van der Waals surface area contributed by atoms with E-state index in [-0.39, 0.29) is 12.0 Å². The second kappa shape index (κ2) is 7.90. The standard InChI is InChI=1S/C20H26ClNO2S/c1-15(22-25(23,24)20(2,3)4)19(14-16-8-6-5-7-9-16)17-10-12-18(21)13-11-17/h5-13,15,19,22H,14H2,1-4H3. The molecule has 5 heteroatoms. The molecule has 3 nitrogen and oxygen atoms in total. The highest BCUT2D eigenvalue weighted by molar-refractivity contribution is 7.90. The first-order chi connectivity index (χ1) is 11.6. The van der Waals surface area contributed by atoms with Crippen molar-refractivity contribution in [3.05, 3.63) is 70.7 Å². The highest BCUT2D eigenvalue weighted by atomic mass is 35.5. The molecule has 2 rings (SSSR count). The van der Waals surface area contributed by atoms with E-state index in [1.54, 1.807) is 20.8 Å². The second-order valence-electron chi connectivity index (χ2n) is 7.37. The van der Waals surface area contributed by atoms with E-state index in [0.29, 0.717) is 5.02 Å². The van der Waals surface area contributed by atoms with E-state index >= 15 is 0 Å². The molecule has 0 aliphatic carbocycles. The molecule has 2 aromatic carbocycles. The first-order valence-corrected chi connectivity index (χ1v) is 10.3. The van der Waals surface area contributed by atoms with Crippen LogP contribution in [0.4, 0.5) is 0 Å². The Labute approximate surface area is 156 Å². The summed E-state index contributed by atoms with van der Waals surface area (Å²) in [6.07, 6.45) is 0.746. The molecule has 0 aliphatic rings. The van der Waals surface area contributed by atoms with E-state index in [0.717, 1.165) is 12.0 Å². The lowest BCUT2D eigenvalue weighted by Gasteiger charge is -2.29. The SMILES string of the molecule is CC(NS(=O)(=O)C(C)(C)C)C(Cc1ccccc1)c1ccc(Cl)cc1. The minimum absolute atomic E-state index is 0.0109. The number of hydrogen-bond acceptors (Lipinski definition) is 2. The molecule has 2 unspecified atom stereocenters. The van der Waals surface area contributed by atoms with Gasteiger partial charge in [0.25, 0.3) is 0 Å². The Hall–Kier alpha value is -1.36. The Morgan fingerprint density at radius 3 is 2.08 bits per heavy atom. The minimum Gasteiger partial charge on any atom is -0.212 e. The molecule has 0 bridgehead atoms. The third-order valence-corrected chi connectivity index (χ3v) is 6.89. The van der Waals surface area contributed by atoms with Crippen LogP contribution in [0.15, 0.2) is 54.6 Å². The number of hydrogen-bond donors (Lipinski definition) is 1. The van der Waals surface area contributed by atoms with Gasteiger partial charge in [0.05, 0.1) is 4.75 Å². The maximum atomic E-state index is 12.6. The maximum absolute atomic E-state index is 12.6. The zero-order chi connectivity index (χ0) is 18.7. The number of nitrogens with one attached hydrogen (secondary N) is 1. The molecule has 0 heterocycles. The van der Waals surface area contributed by atoms with Gasteiger partial charge in [0.1, 0.15) is 0 Å². The predicted molar refractivity (Wildman–Crippen MR) is 106 cm³/mol. The van der Waals surface area contributed by atoms with Crippen LogP contribution in [-0.2, 0) is 16.4 Å². The van der Waals surface area contributed by atoms with E-state index in [1.165, 1.54) is 5.56 Å². The summed E-state index contributed by atoms with van der Waals surface area (Å²) in [6.45, 7) is 7.04. The van der Waals surface area contributed by atoms with Gasteiger partial charge in [-0.1, -0.05) is 54.1 Å². The van der Waals surface area contributed by atoms with Crippen molar-refractivity contribution in [1.82, 2.24) is 4.72 Å².